The van der Waals surface area contributed by atoms with Gasteiger partial charge in [0, 0.05) is 19.8 Å². The van der Waals surface area contributed by atoms with Crippen molar-refractivity contribution in [3.8, 4) is 0 Å². The van der Waals surface area contributed by atoms with Crippen LogP contribution in [0.3, 0.4) is 0 Å². The molecule has 1 rings (SSSR count). The molecule has 21 heavy (non-hydrogen) atoms. The molecule has 3 heteroatoms. The molecule has 1 atom stereocenters. The van der Waals surface area contributed by atoms with Crippen LogP contribution in [0, 0.1) is 0 Å². The van der Waals surface area contributed by atoms with Gasteiger partial charge in [-0.1, -0.05) is 57.6 Å². The summed E-state index contributed by atoms with van der Waals surface area (Å²) in [6.07, 6.45) is 0. The summed E-state index contributed by atoms with van der Waals surface area (Å²) in [6.45, 7) is 18.2. The van der Waals surface area contributed by atoms with Gasteiger partial charge < -0.3 is 5.32 Å². The Bertz CT molecular complexity index is 454. The summed E-state index contributed by atoms with van der Waals surface area (Å²) in [4.78, 5) is 0. The molecule has 0 saturated heterocycles. The fourth-order valence-electron chi connectivity index (χ4n) is 2.54. The molecule has 0 radical (unpaired) electrons. The molecule has 1 aromatic carbocycles. The van der Waals surface area contributed by atoms with Crippen LogP contribution in [-0.4, -0.2) is 22.5 Å². The van der Waals surface area contributed by atoms with Crippen molar-refractivity contribution >= 4 is 21.6 Å². The summed E-state index contributed by atoms with van der Waals surface area (Å²) in [5, 5.41) is 4.09. The lowest BCUT2D eigenvalue weighted by Gasteiger charge is -2.42. The highest BCUT2D eigenvalue weighted by Gasteiger charge is 2.41. The van der Waals surface area contributed by atoms with Crippen molar-refractivity contribution in [2.24, 2.45) is 0 Å². The molecule has 0 saturated carbocycles. The van der Waals surface area contributed by atoms with Gasteiger partial charge in [0.05, 0.1) is 8.31 Å². The van der Waals surface area contributed by atoms with Crippen LogP contribution in [0.4, 0.5) is 5.69 Å². The molecule has 0 aliphatic carbocycles. The molecule has 118 valence electrons. The third-order valence-electron chi connectivity index (χ3n) is 4.95. The number of anilines is 1. The minimum absolute atomic E-state index is 0.489. The Balaban J connectivity index is 2.74. The van der Waals surface area contributed by atoms with Gasteiger partial charge >= 0.3 is 0 Å². The van der Waals surface area contributed by atoms with Gasteiger partial charge in [0.1, 0.15) is 0 Å². The van der Waals surface area contributed by atoms with Gasteiger partial charge in [-0.05, 0) is 37.1 Å². The predicted molar refractivity (Wildman–Crippen MR) is 104 cm³/mol. The van der Waals surface area contributed by atoms with Gasteiger partial charge in [0.15, 0.2) is 0 Å². The molecule has 1 unspecified atom stereocenters. The summed E-state index contributed by atoms with van der Waals surface area (Å²) in [5.74, 6) is 0. The Hall–Kier alpha value is -0.806. The average Bonchev–Trinajstić information content (AvgIpc) is 2.37. The maximum absolute atomic E-state index is 3.60. The van der Waals surface area contributed by atoms with Crippen LogP contribution in [0.15, 0.2) is 41.6 Å². The van der Waals surface area contributed by atoms with E-state index in [0.717, 1.165) is 6.54 Å². The number of para-hydroxylation sites is 1. The SMILES string of the molecule is CC(C)=C[SiH](CCNc1ccccc1)[Si](C)(C)C(C)(C)C. The number of rotatable bonds is 6. The highest BCUT2D eigenvalue weighted by molar-refractivity contribution is 7.35. The van der Waals surface area contributed by atoms with E-state index in [-0.39, 0.29) is 0 Å². The molecule has 0 fully saturated rings. The summed E-state index contributed by atoms with van der Waals surface area (Å²) in [7, 11) is -2.07. The lowest BCUT2D eigenvalue weighted by atomic mass is 10.2. The van der Waals surface area contributed by atoms with Crippen molar-refractivity contribution in [1.82, 2.24) is 0 Å². The molecular formula is C18H33NSi2. The van der Waals surface area contributed by atoms with E-state index in [1.54, 1.807) is 0 Å². The van der Waals surface area contributed by atoms with Crippen LogP contribution in [0.25, 0.3) is 0 Å². The van der Waals surface area contributed by atoms with Crippen LogP contribution in [-0.2, 0) is 0 Å². The summed E-state index contributed by atoms with van der Waals surface area (Å²) >= 11 is 0. The number of hydrogen-bond acceptors (Lipinski definition) is 1. The van der Waals surface area contributed by atoms with Gasteiger partial charge in [-0.3, -0.25) is 0 Å². The van der Waals surface area contributed by atoms with Crippen LogP contribution in [0.1, 0.15) is 34.6 Å². The number of allylic oxidation sites excluding steroid dienone is 1. The van der Waals surface area contributed by atoms with Crippen LogP contribution >= 0.6 is 0 Å². The molecule has 0 aliphatic heterocycles. The third kappa shape index (κ3) is 5.47. The van der Waals surface area contributed by atoms with Gasteiger partial charge in [0.25, 0.3) is 0 Å². The first-order chi connectivity index (χ1) is 9.64. The van der Waals surface area contributed by atoms with Crippen molar-refractivity contribution in [2.45, 2.75) is 58.8 Å². The molecule has 0 heterocycles. The zero-order chi connectivity index (χ0) is 16.1. The quantitative estimate of drug-likeness (QED) is 0.690. The van der Waals surface area contributed by atoms with E-state index < -0.39 is 15.9 Å². The van der Waals surface area contributed by atoms with Crippen LogP contribution < -0.4 is 5.32 Å². The zero-order valence-electron chi connectivity index (χ0n) is 15.0. The average molecular weight is 320 g/mol. The Labute approximate surface area is 134 Å². The maximum atomic E-state index is 3.60. The molecule has 0 spiro atoms. The van der Waals surface area contributed by atoms with Crippen molar-refractivity contribution in [2.75, 3.05) is 11.9 Å². The minimum atomic E-state index is -1.21. The fraction of sp³-hybridized carbons (Fsp3) is 0.556. The minimum Gasteiger partial charge on any atom is -0.385 e. The van der Waals surface area contributed by atoms with Crippen molar-refractivity contribution in [1.29, 1.82) is 0 Å². The first kappa shape index (κ1) is 18.2. The predicted octanol–water partition coefficient (Wildman–Crippen LogP) is 5.42. The summed E-state index contributed by atoms with van der Waals surface area (Å²) < 4.78 is 0. The highest BCUT2D eigenvalue weighted by Crippen LogP contribution is 2.39. The Kier molecular flexibility index (Phi) is 6.48. The van der Waals surface area contributed by atoms with Crippen LogP contribution in [0.2, 0.25) is 24.2 Å². The number of nitrogens with one attached hydrogen (secondary N) is 1. The third-order valence-corrected chi connectivity index (χ3v) is 22.2. The van der Waals surface area contributed by atoms with E-state index in [0.29, 0.717) is 5.04 Å². The largest absolute Gasteiger partial charge is 0.385 e. The molecule has 0 aromatic heterocycles. The van der Waals surface area contributed by atoms with Crippen molar-refractivity contribution < 1.29 is 0 Å². The molecule has 1 nitrogen and oxygen atoms in total. The van der Waals surface area contributed by atoms with E-state index in [4.69, 9.17) is 0 Å². The summed E-state index contributed by atoms with van der Waals surface area (Å²) in [6, 6.07) is 11.9. The van der Waals surface area contributed by atoms with Crippen molar-refractivity contribution in [3.05, 3.63) is 41.6 Å². The van der Waals surface area contributed by atoms with Crippen molar-refractivity contribution in [3.63, 3.8) is 0 Å². The van der Waals surface area contributed by atoms with E-state index in [1.807, 2.05) is 0 Å². The topological polar surface area (TPSA) is 12.0 Å². The van der Waals surface area contributed by atoms with Crippen LogP contribution in [0.5, 0.6) is 0 Å². The number of hydrogen-bond donors (Lipinski definition) is 1. The molecule has 0 bridgehead atoms. The Morgan fingerprint density at radius 1 is 1.14 bits per heavy atom. The number of benzene rings is 1. The Morgan fingerprint density at radius 2 is 1.71 bits per heavy atom. The molecule has 1 aromatic rings. The van der Waals surface area contributed by atoms with Gasteiger partial charge in [0.2, 0.25) is 0 Å². The van der Waals surface area contributed by atoms with E-state index in [9.17, 15) is 0 Å². The van der Waals surface area contributed by atoms with Gasteiger partial charge in [-0.25, -0.2) is 0 Å². The first-order valence-electron chi connectivity index (χ1n) is 8.08. The highest BCUT2D eigenvalue weighted by atomic mass is 29.2. The fourth-order valence-corrected chi connectivity index (χ4v) is 14.4. The molecule has 0 amide bonds. The van der Waals surface area contributed by atoms with Gasteiger partial charge in [-0.2, -0.15) is 0 Å². The molecule has 1 N–H and O–H groups in total. The summed E-state index contributed by atoms with van der Waals surface area (Å²) in [5.41, 5.74) is 5.42. The van der Waals surface area contributed by atoms with E-state index in [1.165, 1.54) is 17.3 Å². The molecule has 0 aliphatic rings. The molecular weight excluding hydrogens is 286 g/mol. The monoisotopic (exact) mass is 319 g/mol. The van der Waals surface area contributed by atoms with E-state index >= 15 is 0 Å². The maximum Gasteiger partial charge on any atom is 0.0577 e. The first-order valence-corrected chi connectivity index (χ1v) is 14.4. The Morgan fingerprint density at radius 3 is 2.19 bits per heavy atom. The standard InChI is InChI=1S/C18H33NSi2/c1-16(2)15-20(21(6,7)18(3,4)5)14-13-19-17-11-9-8-10-12-17/h8-12,15,19-20H,13-14H2,1-7H3. The van der Waals surface area contributed by atoms with Gasteiger partial charge in [-0.15, -0.1) is 5.70 Å². The second-order valence-electron chi connectivity index (χ2n) is 7.90. The lowest BCUT2D eigenvalue weighted by molar-refractivity contribution is 0.733. The smallest absolute Gasteiger partial charge is 0.0577 e. The second kappa shape index (κ2) is 7.45. The second-order valence-corrected chi connectivity index (χ2v) is 21.5. The lowest BCUT2D eigenvalue weighted by Crippen LogP contribution is -2.52. The normalized spacial score (nSPS) is 13.7. The van der Waals surface area contributed by atoms with E-state index in [2.05, 4.69) is 89.1 Å². The zero-order valence-corrected chi connectivity index (χ0v) is 17.1.